The molecule has 1 saturated heterocycles. The number of fused-ring (bicyclic) bond motifs is 1. The predicted molar refractivity (Wildman–Crippen MR) is 185 cm³/mol. The van der Waals surface area contributed by atoms with E-state index in [-0.39, 0.29) is 34.2 Å². The third-order valence-electron chi connectivity index (χ3n) is 8.98. The van der Waals surface area contributed by atoms with Gasteiger partial charge in [-0.1, -0.05) is 105 Å². The highest BCUT2D eigenvalue weighted by molar-refractivity contribution is 8.15. The summed E-state index contributed by atoms with van der Waals surface area (Å²) < 4.78 is 40.6. The number of Topliss-reactive ketones (excluding diaryl/α,β-unsaturated/α-hetero) is 1. The van der Waals surface area contributed by atoms with Crippen LogP contribution in [-0.4, -0.2) is 73.9 Å². The van der Waals surface area contributed by atoms with Gasteiger partial charge in [0, 0.05) is 26.0 Å². The van der Waals surface area contributed by atoms with Crippen molar-refractivity contribution in [2.75, 3.05) is 7.11 Å². The Balaban J connectivity index is 1.41. The summed E-state index contributed by atoms with van der Waals surface area (Å²) in [5.74, 6) is -1.54. The van der Waals surface area contributed by atoms with E-state index in [1.165, 1.54) is 11.8 Å². The van der Waals surface area contributed by atoms with E-state index in [9.17, 15) is 22.8 Å². The molecule has 0 radical (unpaired) electrons. The minimum absolute atomic E-state index is 0.0197. The van der Waals surface area contributed by atoms with Gasteiger partial charge >= 0.3 is 5.97 Å². The number of tetrazole rings is 1. The molecule has 14 heteroatoms. The number of β-lactam (4-membered cyclic amide) rings is 1. The number of ether oxygens (including phenoxy) is 2. The van der Waals surface area contributed by atoms with Crippen molar-refractivity contribution in [3.63, 3.8) is 0 Å². The van der Waals surface area contributed by atoms with Crippen LogP contribution in [0.2, 0.25) is 0 Å². The number of carbonyl (C=O) groups excluding carboxylic acids is 3. The van der Waals surface area contributed by atoms with E-state index in [4.69, 9.17) is 9.47 Å². The first-order chi connectivity index (χ1) is 23.7. The van der Waals surface area contributed by atoms with Crippen LogP contribution in [0.25, 0.3) is 0 Å². The van der Waals surface area contributed by atoms with Gasteiger partial charge in [0.25, 0.3) is 5.91 Å². The smallest absolute Gasteiger partial charge is 0.339 e. The van der Waals surface area contributed by atoms with Gasteiger partial charge in [0.05, 0.1) is 11.3 Å². The Morgan fingerprint density at radius 2 is 1.54 bits per heavy atom. The van der Waals surface area contributed by atoms with Crippen LogP contribution in [0.1, 0.15) is 60.8 Å². The molecular weight excluding hydrogens is 679 g/mol. The van der Waals surface area contributed by atoms with Crippen molar-refractivity contribution in [1.29, 1.82) is 0 Å². The molecule has 0 bridgehead atoms. The standard InChI is InChI=1S/C36H37N5O7S2/c1-22-27(30(42)35(2,3)4)41-31(43)29(47-6)32(41)50(45,46)36(22,49-34-37-38-39-40(34)5)21-23-17-19-26(20-18-23)33(44)48-28(24-13-9-7-10-14-24)25-15-11-8-12-16-25/h7-20,28-29,32H,21H2,1-6H3/t29-,32+,36?/m0/s1. The van der Waals surface area contributed by atoms with E-state index in [0.29, 0.717) is 5.56 Å². The topological polar surface area (TPSA) is 151 Å². The third kappa shape index (κ3) is 5.94. The normalized spacial score (nSPS) is 21.5. The minimum Gasteiger partial charge on any atom is -0.449 e. The molecule has 0 N–H and O–H groups in total. The van der Waals surface area contributed by atoms with Crippen molar-refractivity contribution < 1.29 is 32.3 Å². The number of rotatable bonds is 10. The summed E-state index contributed by atoms with van der Waals surface area (Å²) in [6, 6.07) is 25.3. The molecule has 12 nitrogen and oxygen atoms in total. The number of hydrogen-bond acceptors (Lipinski definition) is 11. The van der Waals surface area contributed by atoms with Gasteiger partial charge < -0.3 is 9.47 Å². The van der Waals surface area contributed by atoms with Crippen LogP contribution in [0.4, 0.5) is 0 Å². The van der Waals surface area contributed by atoms with Crippen molar-refractivity contribution in [3.8, 4) is 0 Å². The highest BCUT2D eigenvalue weighted by atomic mass is 32.3. The van der Waals surface area contributed by atoms with Crippen LogP contribution in [0, 0.1) is 5.41 Å². The molecular formula is C36H37N5O7S2. The molecule has 6 rings (SSSR count). The molecule has 1 fully saturated rings. The number of esters is 1. The number of sulfone groups is 1. The summed E-state index contributed by atoms with van der Waals surface area (Å²) in [6.07, 6.45) is -2.08. The second-order valence-electron chi connectivity index (χ2n) is 13.3. The second kappa shape index (κ2) is 13.2. The van der Waals surface area contributed by atoms with E-state index in [1.807, 2.05) is 60.7 Å². The summed E-state index contributed by atoms with van der Waals surface area (Å²) in [5, 5.41) is 10.4. The third-order valence-corrected chi connectivity index (χ3v) is 13.7. The monoisotopic (exact) mass is 715 g/mol. The molecule has 2 aliphatic heterocycles. The van der Waals surface area contributed by atoms with Gasteiger partial charge in [-0.2, -0.15) is 0 Å². The number of ketones is 1. The molecule has 4 aromatic rings. The predicted octanol–water partition coefficient (Wildman–Crippen LogP) is 4.69. The molecule has 50 heavy (non-hydrogen) atoms. The van der Waals surface area contributed by atoms with E-state index >= 15 is 0 Å². The molecule has 0 saturated carbocycles. The summed E-state index contributed by atoms with van der Waals surface area (Å²) >= 11 is 0.898. The highest BCUT2D eigenvalue weighted by Crippen LogP contribution is 2.55. The van der Waals surface area contributed by atoms with Gasteiger partial charge in [0.1, 0.15) is 0 Å². The highest BCUT2D eigenvalue weighted by Gasteiger charge is 2.68. The van der Waals surface area contributed by atoms with Crippen molar-refractivity contribution in [2.45, 2.75) is 60.9 Å². The molecule has 3 atom stereocenters. The van der Waals surface area contributed by atoms with Crippen LogP contribution in [0.15, 0.2) is 101 Å². The van der Waals surface area contributed by atoms with Gasteiger partial charge in [0.2, 0.25) is 5.16 Å². The van der Waals surface area contributed by atoms with Gasteiger partial charge in [0.15, 0.2) is 37.3 Å². The van der Waals surface area contributed by atoms with Crippen LogP contribution < -0.4 is 0 Å². The Labute approximate surface area is 294 Å². The number of amides is 1. The van der Waals surface area contributed by atoms with E-state index in [1.54, 1.807) is 59.0 Å². The fraction of sp³-hybridized carbons (Fsp3) is 0.333. The molecule has 1 amide bonds. The van der Waals surface area contributed by atoms with Gasteiger partial charge in [-0.25, -0.2) is 17.9 Å². The van der Waals surface area contributed by atoms with Crippen molar-refractivity contribution >= 4 is 39.3 Å². The average molecular weight is 716 g/mol. The lowest BCUT2D eigenvalue weighted by molar-refractivity contribution is -0.161. The fourth-order valence-electron chi connectivity index (χ4n) is 6.24. The van der Waals surface area contributed by atoms with Crippen molar-refractivity contribution in [3.05, 3.63) is 118 Å². The van der Waals surface area contributed by atoms with Crippen molar-refractivity contribution in [2.24, 2.45) is 12.5 Å². The van der Waals surface area contributed by atoms with E-state index in [0.717, 1.165) is 27.8 Å². The number of aromatic nitrogens is 4. The van der Waals surface area contributed by atoms with E-state index < -0.39 is 48.8 Å². The summed E-state index contributed by atoms with van der Waals surface area (Å²) in [6.45, 7) is 6.71. The first-order valence-electron chi connectivity index (χ1n) is 15.9. The lowest BCUT2D eigenvalue weighted by Crippen LogP contribution is -2.74. The Bertz CT molecular complexity index is 2040. The van der Waals surface area contributed by atoms with Crippen LogP contribution in [-0.2, 0) is 42.4 Å². The zero-order valence-electron chi connectivity index (χ0n) is 28.4. The SMILES string of the molecule is CO[C@H]1C(=O)N2C(C(=O)C(C)(C)C)=C(C)C(Cc3ccc(C(=O)OC(c4ccccc4)c4ccccc4)cc3)(Sc3nnnn3C)S(=O)(=O)[C@H]12. The zero-order chi connectivity index (χ0) is 36.0. The number of allylic oxidation sites excluding steroid dienone is 1. The maximum Gasteiger partial charge on any atom is 0.339 e. The second-order valence-corrected chi connectivity index (χ2v) is 17.1. The molecule has 0 aliphatic carbocycles. The minimum atomic E-state index is -4.34. The molecule has 3 heterocycles. The zero-order valence-corrected chi connectivity index (χ0v) is 30.1. The molecule has 2 aliphatic rings. The first-order valence-corrected chi connectivity index (χ1v) is 18.2. The summed E-state index contributed by atoms with van der Waals surface area (Å²) in [5.41, 5.74) is 1.69. The number of methoxy groups -OCH3 is 1. The maximum absolute atomic E-state index is 14.9. The number of thioether (sulfide) groups is 1. The van der Waals surface area contributed by atoms with Gasteiger partial charge in [-0.3, -0.25) is 14.5 Å². The van der Waals surface area contributed by atoms with Gasteiger partial charge in [-0.15, -0.1) is 5.10 Å². The lowest BCUT2D eigenvalue weighted by Gasteiger charge is -2.54. The first kappa shape index (κ1) is 35.2. The van der Waals surface area contributed by atoms with E-state index in [2.05, 4.69) is 15.5 Å². The van der Waals surface area contributed by atoms with Crippen molar-refractivity contribution in [1.82, 2.24) is 25.1 Å². The largest absolute Gasteiger partial charge is 0.449 e. The van der Waals surface area contributed by atoms with Crippen LogP contribution in [0.5, 0.6) is 0 Å². The number of hydrogen-bond donors (Lipinski definition) is 0. The lowest BCUT2D eigenvalue weighted by atomic mass is 9.84. The van der Waals surface area contributed by atoms with Gasteiger partial charge in [-0.05, 0) is 51.7 Å². The fourth-order valence-corrected chi connectivity index (χ4v) is 10.6. The number of nitrogens with zero attached hydrogens (tertiary/aromatic N) is 5. The molecule has 0 spiro atoms. The number of carbonyl (C=O) groups is 3. The Morgan fingerprint density at radius 1 is 0.960 bits per heavy atom. The average Bonchev–Trinajstić information content (AvgIpc) is 3.50. The molecule has 1 unspecified atom stereocenters. The Hall–Kier alpha value is -4.66. The van der Waals surface area contributed by atoms with Crippen LogP contribution >= 0.6 is 11.8 Å². The Kier molecular flexibility index (Phi) is 9.31. The molecule has 3 aromatic carbocycles. The number of benzene rings is 3. The molecule has 260 valence electrons. The maximum atomic E-state index is 14.9. The molecule has 1 aromatic heterocycles. The summed E-state index contributed by atoms with van der Waals surface area (Å²) in [4.78, 5) is 41.9. The summed E-state index contributed by atoms with van der Waals surface area (Å²) in [7, 11) is -1.49. The van der Waals surface area contributed by atoms with Crippen LogP contribution in [0.3, 0.4) is 0 Å². The quantitative estimate of drug-likeness (QED) is 0.166. The number of aryl methyl sites for hydroxylation is 1. The Morgan fingerprint density at radius 3 is 2.04 bits per heavy atom.